The van der Waals surface area contributed by atoms with E-state index in [1.165, 1.54) is 24.3 Å². The van der Waals surface area contributed by atoms with Gasteiger partial charge < -0.3 is 14.7 Å². The number of hydrogen-bond donors (Lipinski definition) is 1. The van der Waals surface area contributed by atoms with Gasteiger partial charge in [-0.3, -0.25) is 0 Å². The van der Waals surface area contributed by atoms with E-state index in [1.807, 2.05) is 32.9 Å². The zero-order chi connectivity index (χ0) is 29.2. The van der Waals surface area contributed by atoms with Crippen LogP contribution in [-0.2, 0) is 17.9 Å². The molecule has 0 aliphatic rings. The molecule has 0 fully saturated rings. The summed E-state index contributed by atoms with van der Waals surface area (Å²) >= 11 is 0. The normalized spacial score (nSPS) is 13.7. The van der Waals surface area contributed by atoms with Crippen molar-refractivity contribution in [2.75, 3.05) is 11.4 Å². The Morgan fingerprint density at radius 2 is 1.31 bits per heavy atom. The molecule has 39 heavy (non-hydrogen) atoms. The Morgan fingerprint density at radius 1 is 0.744 bits per heavy atom. The topological polar surface area (TPSA) is 32.7 Å². The summed E-state index contributed by atoms with van der Waals surface area (Å²) in [4.78, 5) is 1.03. The first-order valence-corrected chi connectivity index (χ1v) is 11.8. The lowest BCUT2D eigenvalue weighted by atomic mass is 9.87. The molecule has 0 aliphatic carbocycles. The fourth-order valence-electron chi connectivity index (χ4n) is 3.73. The summed E-state index contributed by atoms with van der Waals surface area (Å²) in [6.45, 7) is 4.52. The number of ether oxygens (including phenoxy) is 1. The second-order valence-corrected chi connectivity index (χ2v) is 10.1. The highest BCUT2D eigenvalue weighted by atomic mass is 19.4. The minimum absolute atomic E-state index is 0.116. The molecule has 0 saturated heterocycles. The van der Waals surface area contributed by atoms with E-state index in [-0.39, 0.29) is 22.4 Å². The number of nitrogens with zero attached hydrogens (tertiary/aromatic N) is 1. The number of alkyl halides is 8. The Morgan fingerprint density at radius 3 is 1.90 bits per heavy atom. The lowest BCUT2D eigenvalue weighted by molar-refractivity contribution is -0.289. The summed E-state index contributed by atoms with van der Waals surface area (Å²) in [7, 11) is 0. The fourth-order valence-corrected chi connectivity index (χ4v) is 3.73. The lowest BCUT2D eigenvalue weighted by Crippen LogP contribution is -2.41. The number of anilines is 1. The minimum Gasteiger partial charge on any atom is -0.457 e. The van der Waals surface area contributed by atoms with Crippen LogP contribution in [0, 0.1) is 0 Å². The fraction of sp³-hybridized carbons (Fsp3) is 0.357. The van der Waals surface area contributed by atoms with Crippen molar-refractivity contribution in [3.8, 4) is 11.5 Å². The van der Waals surface area contributed by atoms with Gasteiger partial charge in [0.1, 0.15) is 11.5 Å². The van der Waals surface area contributed by atoms with E-state index in [9.17, 15) is 40.2 Å². The predicted octanol–water partition coefficient (Wildman–Crippen LogP) is 8.36. The van der Waals surface area contributed by atoms with E-state index in [2.05, 4.69) is 0 Å². The first kappa shape index (κ1) is 30.2. The van der Waals surface area contributed by atoms with Crippen molar-refractivity contribution in [1.82, 2.24) is 0 Å². The Balaban J connectivity index is 1.95. The molecule has 11 heteroatoms. The van der Waals surface area contributed by atoms with Crippen LogP contribution in [0.25, 0.3) is 0 Å². The molecule has 1 atom stereocenters. The van der Waals surface area contributed by atoms with Gasteiger partial charge in [-0.2, -0.15) is 35.1 Å². The second-order valence-electron chi connectivity index (χ2n) is 10.1. The monoisotopic (exact) mass is 561 g/mol. The molecule has 0 aliphatic heterocycles. The molecule has 3 aromatic rings. The molecule has 0 aromatic heterocycles. The van der Waals surface area contributed by atoms with Gasteiger partial charge in [-0.25, -0.2) is 0 Å². The molecule has 0 radical (unpaired) electrons. The van der Waals surface area contributed by atoms with Gasteiger partial charge in [0.15, 0.2) is 6.10 Å². The van der Waals surface area contributed by atoms with Gasteiger partial charge >= 0.3 is 18.3 Å². The third-order valence-electron chi connectivity index (χ3n) is 5.91. The van der Waals surface area contributed by atoms with Crippen LogP contribution >= 0.6 is 0 Å². The second kappa shape index (κ2) is 11.0. The molecule has 1 unspecified atom stereocenters. The summed E-state index contributed by atoms with van der Waals surface area (Å²) < 4.78 is 112. The third-order valence-corrected chi connectivity index (χ3v) is 5.91. The van der Waals surface area contributed by atoms with Crippen LogP contribution in [0.5, 0.6) is 11.5 Å². The molecule has 212 valence electrons. The van der Waals surface area contributed by atoms with E-state index in [1.54, 1.807) is 18.2 Å². The highest BCUT2D eigenvalue weighted by Crippen LogP contribution is 2.44. The van der Waals surface area contributed by atoms with Crippen LogP contribution in [0.4, 0.5) is 40.8 Å². The van der Waals surface area contributed by atoms with Gasteiger partial charge in [0.2, 0.25) is 0 Å². The summed E-state index contributed by atoms with van der Waals surface area (Å²) in [6.07, 6.45) is -13.7. The van der Waals surface area contributed by atoms with Crippen molar-refractivity contribution in [2.24, 2.45) is 0 Å². The molecule has 1 N–H and O–H groups in total. The smallest absolute Gasteiger partial charge is 0.457 e. The van der Waals surface area contributed by atoms with Gasteiger partial charge in [0.25, 0.3) is 0 Å². The number of aliphatic hydroxyl groups excluding tert-OH is 1. The van der Waals surface area contributed by atoms with Gasteiger partial charge in [-0.15, -0.1) is 0 Å². The number of hydrogen-bond acceptors (Lipinski definition) is 3. The van der Waals surface area contributed by atoms with Gasteiger partial charge in [-0.05, 0) is 46.9 Å². The molecular formula is C28H27F8NO2. The highest BCUT2D eigenvalue weighted by molar-refractivity contribution is 5.52. The molecule has 0 amide bonds. The van der Waals surface area contributed by atoms with Crippen LogP contribution in [-0.4, -0.2) is 30.1 Å². The Hall–Kier alpha value is -3.34. The largest absolute Gasteiger partial charge is 0.458 e. The molecule has 0 spiro atoms. The first-order chi connectivity index (χ1) is 17.9. The number of aliphatic hydroxyl groups is 1. The molecule has 3 rings (SSSR count). The Kier molecular flexibility index (Phi) is 8.54. The van der Waals surface area contributed by atoms with Crippen LogP contribution < -0.4 is 9.64 Å². The van der Waals surface area contributed by atoms with Crippen molar-refractivity contribution in [3.63, 3.8) is 0 Å². The summed E-state index contributed by atoms with van der Waals surface area (Å²) in [5, 5.41) is 9.73. The number of halogens is 8. The van der Waals surface area contributed by atoms with Crippen molar-refractivity contribution in [3.05, 3.63) is 89.5 Å². The summed E-state index contributed by atoms with van der Waals surface area (Å²) in [5.41, 5.74) is -0.546. The van der Waals surface area contributed by atoms with Crippen molar-refractivity contribution >= 4 is 5.69 Å². The average molecular weight is 562 g/mol. The van der Waals surface area contributed by atoms with E-state index < -0.39 is 43.0 Å². The zero-order valence-corrected chi connectivity index (χ0v) is 21.2. The van der Waals surface area contributed by atoms with Crippen molar-refractivity contribution in [2.45, 2.75) is 57.1 Å². The Bertz CT molecular complexity index is 1270. The third kappa shape index (κ3) is 7.62. The first-order valence-electron chi connectivity index (χ1n) is 11.8. The maximum atomic E-state index is 13.9. The minimum atomic E-state index is -5.85. The molecule has 0 saturated carbocycles. The average Bonchev–Trinajstić information content (AvgIpc) is 2.82. The quantitative estimate of drug-likeness (QED) is 0.281. The predicted molar refractivity (Wildman–Crippen MR) is 131 cm³/mol. The maximum absolute atomic E-state index is 13.9. The van der Waals surface area contributed by atoms with E-state index >= 15 is 0 Å². The standard InChI is InChI=1S/C28H27F8NO2/c1-25(2,3)19-8-5-11-22(14-19)39-23-12-6-10-21(15-23)37(17-24(38)27(31,32)33)16-18-7-4-9-20(13-18)26(29,30)28(34,35)36/h4-15,24,38H,16-17H2,1-3H3. The van der Waals surface area contributed by atoms with Gasteiger partial charge in [-0.1, -0.05) is 57.2 Å². The number of rotatable bonds is 8. The van der Waals surface area contributed by atoms with Crippen molar-refractivity contribution in [1.29, 1.82) is 0 Å². The van der Waals surface area contributed by atoms with Gasteiger partial charge in [0, 0.05) is 23.9 Å². The molecule has 3 nitrogen and oxygen atoms in total. The Labute approximate surface area is 220 Å². The molecule has 0 heterocycles. The van der Waals surface area contributed by atoms with E-state index in [4.69, 9.17) is 4.74 Å². The lowest BCUT2D eigenvalue weighted by Gasteiger charge is -2.29. The van der Waals surface area contributed by atoms with Crippen molar-refractivity contribution < 1.29 is 45.0 Å². The van der Waals surface area contributed by atoms with Crippen LogP contribution in [0.1, 0.15) is 37.5 Å². The number of benzene rings is 3. The molecule has 3 aromatic carbocycles. The molecular weight excluding hydrogens is 534 g/mol. The SMILES string of the molecule is CC(C)(C)c1cccc(Oc2cccc(N(Cc3cccc(C(F)(F)C(F)(F)F)c3)CC(O)C(F)(F)F)c2)c1. The van der Waals surface area contributed by atoms with E-state index in [0.29, 0.717) is 17.9 Å². The zero-order valence-electron chi connectivity index (χ0n) is 21.2. The van der Waals surface area contributed by atoms with Crippen LogP contribution in [0.3, 0.4) is 0 Å². The van der Waals surface area contributed by atoms with Crippen LogP contribution in [0.15, 0.2) is 72.8 Å². The summed E-state index contributed by atoms with van der Waals surface area (Å²) in [6, 6.07) is 16.4. The highest BCUT2D eigenvalue weighted by Gasteiger charge is 2.58. The molecule has 0 bridgehead atoms. The van der Waals surface area contributed by atoms with Gasteiger partial charge in [0.05, 0.1) is 6.54 Å². The van der Waals surface area contributed by atoms with E-state index in [0.717, 1.165) is 16.5 Å². The summed E-state index contributed by atoms with van der Waals surface area (Å²) in [5.74, 6) is -4.46. The van der Waals surface area contributed by atoms with Crippen LogP contribution in [0.2, 0.25) is 0 Å². The maximum Gasteiger partial charge on any atom is 0.458 e.